The maximum Gasteiger partial charge on any atom is 0.249 e. The number of hydrogen-bond donors (Lipinski definition) is 1. The van der Waals surface area contributed by atoms with E-state index in [1.54, 1.807) is 24.5 Å². The molecule has 0 bridgehead atoms. The number of aromatic nitrogens is 3. The Balaban J connectivity index is 1.51. The fourth-order valence-electron chi connectivity index (χ4n) is 4.34. The van der Waals surface area contributed by atoms with Crippen LogP contribution in [0.5, 0.6) is 0 Å². The summed E-state index contributed by atoms with van der Waals surface area (Å²) < 4.78 is 1.99. The highest BCUT2D eigenvalue weighted by Crippen LogP contribution is 2.23. The highest BCUT2D eigenvalue weighted by molar-refractivity contribution is 5.93. The van der Waals surface area contributed by atoms with E-state index in [2.05, 4.69) is 16.0 Å². The van der Waals surface area contributed by atoms with E-state index in [9.17, 15) is 4.79 Å². The van der Waals surface area contributed by atoms with E-state index < -0.39 is 0 Å². The standard InChI is InChI=1S/C27H30N6O/c1-19(3-4-20(2)27(34)32-13-10-21(9-12-28)11-14-32)24-18-33-25(16-31-26(33)17-30-24)23-7-5-22(15-29)6-8-23/h3-8,16-18,21H,9-14,28H2,1-2H3/b19-3+,20-4+. The van der Waals surface area contributed by atoms with Crippen LogP contribution in [0, 0.1) is 17.2 Å². The predicted octanol–water partition coefficient (Wildman–Crippen LogP) is 4.20. The van der Waals surface area contributed by atoms with Crippen LogP contribution in [0.1, 0.15) is 44.4 Å². The van der Waals surface area contributed by atoms with Crippen molar-refractivity contribution in [3.05, 3.63) is 71.8 Å². The van der Waals surface area contributed by atoms with Crippen LogP contribution in [0.15, 0.2) is 60.6 Å². The van der Waals surface area contributed by atoms with Gasteiger partial charge in [-0.1, -0.05) is 24.3 Å². The van der Waals surface area contributed by atoms with Gasteiger partial charge in [-0.05, 0) is 63.3 Å². The first kappa shape index (κ1) is 23.4. The molecule has 174 valence electrons. The van der Waals surface area contributed by atoms with E-state index in [0.29, 0.717) is 11.5 Å². The molecule has 0 aliphatic carbocycles. The number of hydrogen-bond acceptors (Lipinski definition) is 5. The normalized spacial score (nSPS) is 15.5. The summed E-state index contributed by atoms with van der Waals surface area (Å²) in [4.78, 5) is 23.8. The Morgan fingerprint density at radius 3 is 2.56 bits per heavy atom. The Labute approximate surface area is 200 Å². The number of nitriles is 1. The second-order valence-electron chi connectivity index (χ2n) is 8.85. The molecule has 4 rings (SSSR count). The molecule has 0 radical (unpaired) electrons. The van der Waals surface area contributed by atoms with E-state index in [1.807, 2.05) is 53.6 Å². The molecule has 0 spiro atoms. The van der Waals surface area contributed by atoms with Gasteiger partial charge >= 0.3 is 0 Å². The van der Waals surface area contributed by atoms with Crippen LogP contribution < -0.4 is 5.73 Å². The molecule has 1 amide bonds. The van der Waals surface area contributed by atoms with Crippen LogP contribution >= 0.6 is 0 Å². The molecule has 1 saturated heterocycles. The number of carbonyl (C=O) groups excluding carboxylic acids is 1. The summed E-state index contributed by atoms with van der Waals surface area (Å²) in [5.41, 5.74) is 11.4. The first-order chi connectivity index (χ1) is 16.5. The SMILES string of the molecule is C/C(=C\C=C(/C)c1cn2c(-c3ccc(C#N)cc3)cnc2cn1)C(=O)N1CCC(CCN)CC1. The van der Waals surface area contributed by atoms with Gasteiger partial charge in [0.2, 0.25) is 5.91 Å². The van der Waals surface area contributed by atoms with Gasteiger partial charge in [-0.2, -0.15) is 5.26 Å². The molecule has 1 aromatic carbocycles. The van der Waals surface area contributed by atoms with E-state index in [1.165, 1.54) is 0 Å². The average Bonchev–Trinajstić information content (AvgIpc) is 3.30. The number of nitrogens with two attached hydrogens (primary N) is 1. The molecule has 2 aromatic heterocycles. The summed E-state index contributed by atoms with van der Waals surface area (Å²) in [6.07, 6.45) is 12.4. The lowest BCUT2D eigenvalue weighted by atomic mass is 9.93. The Hall–Kier alpha value is -3.76. The van der Waals surface area contributed by atoms with Gasteiger partial charge in [0, 0.05) is 30.4 Å². The molecular weight excluding hydrogens is 424 g/mol. The van der Waals surface area contributed by atoms with E-state index in [0.717, 1.165) is 72.6 Å². The first-order valence-electron chi connectivity index (χ1n) is 11.7. The number of amides is 1. The Bertz CT molecular complexity index is 1270. The van der Waals surface area contributed by atoms with Crippen LogP contribution in [0.3, 0.4) is 0 Å². The molecule has 0 unspecified atom stereocenters. The predicted molar refractivity (Wildman–Crippen MR) is 134 cm³/mol. The van der Waals surface area contributed by atoms with Crippen molar-refractivity contribution >= 4 is 17.1 Å². The zero-order chi connectivity index (χ0) is 24.1. The van der Waals surface area contributed by atoms with Crippen molar-refractivity contribution in [1.82, 2.24) is 19.3 Å². The minimum absolute atomic E-state index is 0.0939. The summed E-state index contributed by atoms with van der Waals surface area (Å²) in [5.74, 6) is 0.732. The zero-order valence-corrected chi connectivity index (χ0v) is 19.7. The summed E-state index contributed by atoms with van der Waals surface area (Å²) in [5, 5.41) is 9.04. The van der Waals surface area contributed by atoms with Gasteiger partial charge in [0.1, 0.15) is 0 Å². The first-order valence-corrected chi connectivity index (χ1v) is 11.7. The number of allylic oxidation sites excluding steroid dienone is 3. The smallest absolute Gasteiger partial charge is 0.249 e. The highest BCUT2D eigenvalue weighted by atomic mass is 16.2. The van der Waals surface area contributed by atoms with Gasteiger partial charge in [-0.3, -0.25) is 14.2 Å². The molecule has 1 aliphatic rings. The zero-order valence-electron chi connectivity index (χ0n) is 19.7. The Morgan fingerprint density at radius 1 is 1.15 bits per heavy atom. The summed E-state index contributed by atoms with van der Waals surface area (Å²) in [6.45, 7) is 6.17. The minimum atomic E-state index is 0.0939. The topological polar surface area (TPSA) is 100 Å². The number of benzene rings is 1. The molecule has 1 aliphatic heterocycles. The van der Waals surface area contributed by atoms with Gasteiger partial charge < -0.3 is 10.6 Å². The largest absolute Gasteiger partial charge is 0.339 e. The maximum atomic E-state index is 12.9. The lowest BCUT2D eigenvalue weighted by molar-refractivity contribution is -0.128. The van der Waals surface area contributed by atoms with Gasteiger partial charge in [0.25, 0.3) is 0 Å². The fraction of sp³-hybridized carbons (Fsp3) is 0.333. The molecular formula is C27H30N6O. The van der Waals surface area contributed by atoms with Gasteiger partial charge in [0.05, 0.1) is 35.4 Å². The number of carbonyl (C=O) groups is 1. The molecule has 34 heavy (non-hydrogen) atoms. The molecule has 7 heteroatoms. The molecule has 3 heterocycles. The second-order valence-corrected chi connectivity index (χ2v) is 8.85. The summed E-state index contributed by atoms with van der Waals surface area (Å²) in [7, 11) is 0. The van der Waals surface area contributed by atoms with Crippen LogP contribution in [0.4, 0.5) is 0 Å². The van der Waals surface area contributed by atoms with Crippen molar-refractivity contribution in [2.45, 2.75) is 33.1 Å². The number of nitrogens with zero attached hydrogens (tertiary/aromatic N) is 5. The Kier molecular flexibility index (Phi) is 7.19. The summed E-state index contributed by atoms with van der Waals surface area (Å²) in [6, 6.07) is 9.58. The molecule has 2 N–H and O–H groups in total. The van der Waals surface area contributed by atoms with Crippen molar-refractivity contribution in [3.8, 4) is 17.3 Å². The molecule has 0 saturated carbocycles. The van der Waals surface area contributed by atoms with Crippen LogP contribution in [0.2, 0.25) is 0 Å². The van der Waals surface area contributed by atoms with Crippen LogP contribution in [-0.2, 0) is 4.79 Å². The summed E-state index contributed by atoms with van der Waals surface area (Å²) >= 11 is 0. The van der Waals surface area contributed by atoms with Crippen molar-refractivity contribution in [2.24, 2.45) is 11.7 Å². The average molecular weight is 455 g/mol. The van der Waals surface area contributed by atoms with Gasteiger partial charge in [-0.15, -0.1) is 0 Å². The number of likely N-dealkylation sites (tertiary alicyclic amines) is 1. The number of imidazole rings is 1. The monoisotopic (exact) mass is 454 g/mol. The quantitative estimate of drug-likeness (QED) is 0.444. The van der Waals surface area contributed by atoms with Crippen molar-refractivity contribution in [2.75, 3.05) is 19.6 Å². The van der Waals surface area contributed by atoms with E-state index in [4.69, 9.17) is 11.0 Å². The third-order valence-electron chi connectivity index (χ3n) is 6.51. The third-order valence-corrected chi connectivity index (χ3v) is 6.51. The minimum Gasteiger partial charge on any atom is -0.339 e. The second kappa shape index (κ2) is 10.4. The number of fused-ring (bicyclic) bond motifs is 1. The third kappa shape index (κ3) is 5.08. The number of rotatable bonds is 6. The van der Waals surface area contributed by atoms with Gasteiger partial charge in [0.15, 0.2) is 5.65 Å². The van der Waals surface area contributed by atoms with Crippen LogP contribution in [0.25, 0.3) is 22.5 Å². The van der Waals surface area contributed by atoms with Crippen molar-refractivity contribution in [3.63, 3.8) is 0 Å². The maximum absolute atomic E-state index is 12.9. The number of piperidine rings is 1. The van der Waals surface area contributed by atoms with Gasteiger partial charge in [-0.25, -0.2) is 4.98 Å². The highest BCUT2D eigenvalue weighted by Gasteiger charge is 2.22. The van der Waals surface area contributed by atoms with E-state index in [-0.39, 0.29) is 5.91 Å². The lowest BCUT2D eigenvalue weighted by Gasteiger charge is -2.32. The molecule has 1 fully saturated rings. The molecule has 7 nitrogen and oxygen atoms in total. The van der Waals surface area contributed by atoms with Crippen molar-refractivity contribution in [1.29, 1.82) is 5.26 Å². The molecule has 3 aromatic rings. The molecule has 0 atom stereocenters. The van der Waals surface area contributed by atoms with E-state index >= 15 is 0 Å². The Morgan fingerprint density at radius 2 is 1.88 bits per heavy atom. The van der Waals surface area contributed by atoms with Crippen LogP contribution in [-0.4, -0.2) is 44.8 Å². The van der Waals surface area contributed by atoms with Crippen molar-refractivity contribution < 1.29 is 4.79 Å². The lowest BCUT2D eigenvalue weighted by Crippen LogP contribution is -2.39. The fourth-order valence-corrected chi connectivity index (χ4v) is 4.34.